The molecule has 5 heteroatoms. The molecule has 0 saturated carbocycles. The van der Waals surface area contributed by atoms with Gasteiger partial charge in [0.15, 0.2) is 0 Å². The van der Waals surface area contributed by atoms with E-state index in [9.17, 15) is 8.78 Å². The number of fused-ring (bicyclic) bond motifs is 7. The van der Waals surface area contributed by atoms with E-state index in [1.807, 2.05) is 12.1 Å². The number of nitrogens with one attached hydrogen (secondary N) is 2. The largest absolute Gasteiger partial charge is 0.361 e. The van der Waals surface area contributed by atoms with Gasteiger partial charge in [0.1, 0.15) is 11.6 Å². The summed E-state index contributed by atoms with van der Waals surface area (Å²) in [7, 11) is 0. The molecule has 0 radical (unpaired) electrons. The van der Waals surface area contributed by atoms with Crippen LogP contribution in [0.1, 0.15) is 77.8 Å². The zero-order chi connectivity index (χ0) is 32.2. The van der Waals surface area contributed by atoms with Crippen LogP contribution in [0, 0.1) is 11.6 Å². The molecule has 2 aliphatic carbocycles. The van der Waals surface area contributed by atoms with Crippen molar-refractivity contribution in [3.8, 4) is 11.1 Å². The summed E-state index contributed by atoms with van der Waals surface area (Å²) in [5.41, 5.74) is 13.1. The molecule has 4 aromatic carbocycles. The molecule has 1 fully saturated rings. The van der Waals surface area contributed by atoms with Gasteiger partial charge in [-0.15, -0.1) is 0 Å². The van der Waals surface area contributed by atoms with E-state index in [1.165, 1.54) is 56.6 Å². The predicted octanol–water partition coefficient (Wildman–Crippen LogP) is 10.6. The molecular weight excluding hydrogens is 596 g/mol. The first-order valence-electron chi connectivity index (χ1n) is 17.8. The number of aromatic nitrogens is 2. The average molecular weight is 638 g/mol. The number of likely N-dealkylation sites (tertiary alicyclic amines) is 1. The van der Waals surface area contributed by atoms with Crippen molar-refractivity contribution in [2.75, 3.05) is 13.1 Å². The third-order valence-electron chi connectivity index (χ3n) is 11.8. The zero-order valence-corrected chi connectivity index (χ0v) is 27.3. The normalized spacial score (nSPS) is 19.5. The van der Waals surface area contributed by atoms with E-state index in [0.29, 0.717) is 5.92 Å². The lowest BCUT2D eigenvalue weighted by Crippen LogP contribution is -2.50. The number of hydrogen-bond acceptors (Lipinski definition) is 1. The Kier molecular flexibility index (Phi) is 7.34. The highest BCUT2D eigenvalue weighted by molar-refractivity contribution is 5.84. The van der Waals surface area contributed by atoms with Gasteiger partial charge in [-0.1, -0.05) is 55.0 Å². The number of hydrogen-bond donors (Lipinski definition) is 2. The number of aromatic amines is 2. The molecule has 48 heavy (non-hydrogen) atoms. The first kappa shape index (κ1) is 29.6. The first-order valence-corrected chi connectivity index (χ1v) is 17.8. The lowest BCUT2D eigenvalue weighted by atomic mass is 9.70. The van der Waals surface area contributed by atoms with E-state index in [1.54, 1.807) is 12.1 Å². The Hall–Kier alpha value is -4.48. The zero-order valence-electron chi connectivity index (χ0n) is 27.3. The van der Waals surface area contributed by atoms with Gasteiger partial charge in [-0.05, 0) is 151 Å². The molecule has 1 aliphatic heterocycles. The van der Waals surface area contributed by atoms with E-state index < -0.39 is 0 Å². The van der Waals surface area contributed by atoms with Crippen molar-refractivity contribution < 1.29 is 8.78 Å². The summed E-state index contributed by atoms with van der Waals surface area (Å²) in [6.45, 7) is 2.03. The van der Waals surface area contributed by atoms with Crippen molar-refractivity contribution in [2.45, 2.75) is 69.2 Å². The highest BCUT2D eigenvalue weighted by Gasteiger charge is 2.42. The minimum Gasteiger partial charge on any atom is -0.361 e. The van der Waals surface area contributed by atoms with Crippen LogP contribution < -0.4 is 0 Å². The fraction of sp³-hybridized carbons (Fsp3) is 0.302. The van der Waals surface area contributed by atoms with Crippen molar-refractivity contribution in [1.82, 2.24) is 14.9 Å². The maximum Gasteiger partial charge on any atom is 0.123 e. The molecule has 1 saturated heterocycles. The van der Waals surface area contributed by atoms with Gasteiger partial charge in [0.25, 0.3) is 0 Å². The number of halogens is 2. The lowest BCUT2D eigenvalue weighted by molar-refractivity contribution is 0.0480. The summed E-state index contributed by atoms with van der Waals surface area (Å²) in [4.78, 5) is 9.53. The minimum atomic E-state index is -0.181. The second-order valence-electron chi connectivity index (χ2n) is 14.3. The summed E-state index contributed by atoms with van der Waals surface area (Å²) in [5.74, 6) is 0.0591. The monoisotopic (exact) mass is 637 g/mol. The molecule has 1 unspecified atom stereocenters. The van der Waals surface area contributed by atoms with Crippen molar-refractivity contribution >= 4 is 27.9 Å². The molecule has 0 amide bonds. The van der Waals surface area contributed by atoms with Gasteiger partial charge < -0.3 is 9.97 Å². The van der Waals surface area contributed by atoms with Crippen LogP contribution in [0.15, 0.2) is 91.3 Å². The van der Waals surface area contributed by atoms with Crippen LogP contribution in [-0.2, 0) is 24.8 Å². The van der Waals surface area contributed by atoms with E-state index in [2.05, 4.69) is 75.8 Å². The van der Waals surface area contributed by atoms with Gasteiger partial charge >= 0.3 is 0 Å². The third kappa shape index (κ3) is 4.94. The number of piperidine rings is 1. The SMILES string of the molecule is Fc1ccc2[nH]cc(CCCCC3(N4CCC(c5c[nH]c6ccc(F)cc56)CC4)CC=Cc4c3ccc3c4CCc4ccccc4-3)c2c1. The Morgan fingerprint density at radius 3 is 2.40 bits per heavy atom. The molecule has 6 aromatic rings. The van der Waals surface area contributed by atoms with Gasteiger partial charge in [0.2, 0.25) is 0 Å². The lowest BCUT2D eigenvalue weighted by Gasteiger charge is -2.50. The molecule has 3 aliphatic rings. The van der Waals surface area contributed by atoms with Crippen LogP contribution in [0.5, 0.6) is 0 Å². The summed E-state index contributed by atoms with van der Waals surface area (Å²) >= 11 is 0. The molecule has 0 bridgehead atoms. The van der Waals surface area contributed by atoms with Crippen molar-refractivity contribution in [2.24, 2.45) is 0 Å². The van der Waals surface area contributed by atoms with Gasteiger partial charge in [-0.3, -0.25) is 4.90 Å². The number of unbranched alkanes of at least 4 members (excludes halogenated alkanes) is 1. The van der Waals surface area contributed by atoms with E-state index >= 15 is 0 Å². The number of H-pyrrole nitrogens is 2. The number of nitrogens with zero attached hydrogens (tertiary/aromatic N) is 1. The van der Waals surface area contributed by atoms with Crippen LogP contribution in [0.4, 0.5) is 8.78 Å². The average Bonchev–Trinajstić information content (AvgIpc) is 3.73. The maximum absolute atomic E-state index is 14.2. The second kappa shape index (κ2) is 11.9. The summed E-state index contributed by atoms with van der Waals surface area (Å²) < 4.78 is 28.3. The quantitative estimate of drug-likeness (QED) is 0.168. The molecule has 3 heterocycles. The Bertz CT molecular complexity index is 2180. The second-order valence-corrected chi connectivity index (χ2v) is 14.3. The standard InChI is InChI=1S/C43H41F2N3/c44-31-11-16-41-37(24-31)30(26-46-41)7-3-4-20-43(48-22-18-29(19-23-48)39-27-47-42-17-12-32(45)25-38(39)42)21-5-9-36-35-13-10-28-6-1-2-8-33(28)34(35)14-15-40(36)43/h1-2,5-6,8-9,11-12,14-17,24-27,29,46-47H,3-4,7,10,13,18-23H2. The number of rotatable bonds is 7. The van der Waals surface area contributed by atoms with Gasteiger partial charge in [0, 0.05) is 34.2 Å². The molecule has 0 spiro atoms. The molecule has 242 valence electrons. The molecule has 3 nitrogen and oxygen atoms in total. The fourth-order valence-corrected chi connectivity index (χ4v) is 9.38. The Morgan fingerprint density at radius 1 is 0.771 bits per heavy atom. The number of benzene rings is 4. The predicted molar refractivity (Wildman–Crippen MR) is 192 cm³/mol. The third-order valence-corrected chi connectivity index (χ3v) is 11.8. The van der Waals surface area contributed by atoms with Crippen LogP contribution in [-0.4, -0.2) is 28.0 Å². The van der Waals surface area contributed by atoms with Gasteiger partial charge in [-0.25, -0.2) is 8.78 Å². The van der Waals surface area contributed by atoms with Crippen molar-refractivity contribution in [3.05, 3.63) is 136 Å². The Balaban J connectivity index is 1.02. The van der Waals surface area contributed by atoms with Crippen LogP contribution >= 0.6 is 0 Å². The van der Waals surface area contributed by atoms with Gasteiger partial charge in [0.05, 0.1) is 5.54 Å². The van der Waals surface area contributed by atoms with Crippen LogP contribution in [0.3, 0.4) is 0 Å². The van der Waals surface area contributed by atoms with E-state index in [-0.39, 0.29) is 17.2 Å². The highest BCUT2D eigenvalue weighted by atomic mass is 19.1. The summed E-state index contributed by atoms with van der Waals surface area (Å²) in [6, 6.07) is 23.9. The fourth-order valence-electron chi connectivity index (χ4n) is 9.38. The topological polar surface area (TPSA) is 34.8 Å². The highest BCUT2D eigenvalue weighted by Crippen LogP contribution is 2.49. The molecule has 2 aromatic heterocycles. The molecular formula is C43H41F2N3. The summed E-state index contributed by atoms with van der Waals surface area (Å²) in [5, 5.41) is 2.03. The molecule has 9 rings (SSSR count). The Morgan fingerprint density at radius 2 is 1.54 bits per heavy atom. The van der Waals surface area contributed by atoms with Crippen molar-refractivity contribution in [1.29, 1.82) is 0 Å². The van der Waals surface area contributed by atoms with Crippen LogP contribution in [0.25, 0.3) is 39.0 Å². The smallest absolute Gasteiger partial charge is 0.123 e. The maximum atomic E-state index is 14.2. The number of aryl methyl sites for hydroxylation is 2. The van der Waals surface area contributed by atoms with E-state index in [0.717, 1.165) is 92.7 Å². The summed E-state index contributed by atoms with van der Waals surface area (Å²) in [6.07, 6.45) is 18.5. The molecule has 1 atom stereocenters. The Labute approximate surface area is 280 Å². The minimum absolute atomic E-state index is 0.0697. The van der Waals surface area contributed by atoms with E-state index in [4.69, 9.17) is 0 Å². The first-order chi connectivity index (χ1) is 23.6. The van der Waals surface area contributed by atoms with Gasteiger partial charge in [-0.2, -0.15) is 0 Å². The van der Waals surface area contributed by atoms with Crippen molar-refractivity contribution in [3.63, 3.8) is 0 Å². The molecule has 2 N–H and O–H groups in total. The van der Waals surface area contributed by atoms with Crippen LogP contribution in [0.2, 0.25) is 0 Å².